The van der Waals surface area contributed by atoms with Crippen molar-refractivity contribution in [1.82, 2.24) is 5.32 Å². The van der Waals surface area contributed by atoms with Gasteiger partial charge in [0.25, 0.3) is 0 Å². The molecule has 0 aliphatic rings. The molecule has 2 unspecified atom stereocenters. The summed E-state index contributed by atoms with van der Waals surface area (Å²) in [5.41, 5.74) is 2.90. The van der Waals surface area contributed by atoms with Crippen LogP contribution in [-0.2, 0) is 6.42 Å². The van der Waals surface area contributed by atoms with Gasteiger partial charge in [-0.05, 0) is 36.9 Å². The largest absolute Gasteiger partial charge is 0.309 e. The fourth-order valence-electron chi connectivity index (χ4n) is 2.18. The minimum absolute atomic E-state index is 0.490. The maximum Gasteiger partial charge on any atom is 0.0411 e. The molecule has 1 nitrogen and oxygen atoms in total. The molecule has 114 valence electrons. The minimum atomic E-state index is 0.490. The molecule has 0 saturated heterocycles. The summed E-state index contributed by atoms with van der Waals surface area (Å²) in [7, 11) is 0. The van der Waals surface area contributed by atoms with Crippen LogP contribution in [0, 0.1) is 0 Å². The van der Waals surface area contributed by atoms with Crippen molar-refractivity contribution < 1.29 is 0 Å². The Kier molecular flexibility index (Phi) is 9.04. The molecule has 2 heteroatoms. The molecular weight excluding hydrogens is 262 g/mol. The van der Waals surface area contributed by atoms with Crippen molar-refractivity contribution in [3.8, 4) is 0 Å². The average molecular weight is 294 g/mol. The van der Waals surface area contributed by atoms with E-state index in [9.17, 15) is 0 Å². The van der Waals surface area contributed by atoms with E-state index in [4.69, 9.17) is 0 Å². The van der Waals surface area contributed by atoms with Gasteiger partial charge in [0, 0.05) is 17.0 Å². The van der Waals surface area contributed by atoms with Crippen molar-refractivity contribution >= 4 is 11.8 Å². The van der Waals surface area contributed by atoms with Crippen LogP contribution in [0.3, 0.4) is 0 Å². The Morgan fingerprint density at radius 3 is 2.30 bits per heavy atom. The normalized spacial score (nSPS) is 14.2. The second-order valence-electron chi connectivity index (χ2n) is 5.55. The first-order chi connectivity index (χ1) is 9.71. The Balaban J connectivity index is 2.65. The van der Waals surface area contributed by atoms with Gasteiger partial charge < -0.3 is 5.32 Å². The van der Waals surface area contributed by atoms with Crippen LogP contribution >= 0.6 is 11.8 Å². The molecule has 0 radical (unpaired) electrons. The summed E-state index contributed by atoms with van der Waals surface area (Å²) < 4.78 is 0. The summed E-state index contributed by atoms with van der Waals surface area (Å²) in [6.07, 6.45) is 4.86. The predicted octanol–water partition coefficient (Wildman–Crippen LogP) is 5.21. The van der Waals surface area contributed by atoms with Gasteiger partial charge in [-0.1, -0.05) is 58.4 Å². The molecule has 0 spiro atoms. The molecule has 1 aromatic rings. The molecule has 0 amide bonds. The minimum Gasteiger partial charge on any atom is -0.309 e. The van der Waals surface area contributed by atoms with Crippen LogP contribution in [0.4, 0.5) is 0 Å². The molecule has 1 aromatic carbocycles. The molecule has 2 atom stereocenters. The van der Waals surface area contributed by atoms with E-state index in [1.54, 1.807) is 0 Å². The van der Waals surface area contributed by atoms with Gasteiger partial charge >= 0.3 is 0 Å². The van der Waals surface area contributed by atoms with Crippen molar-refractivity contribution in [2.24, 2.45) is 0 Å². The number of hydrogen-bond donors (Lipinski definition) is 1. The van der Waals surface area contributed by atoms with Crippen molar-refractivity contribution in [1.29, 1.82) is 0 Å². The van der Waals surface area contributed by atoms with Crippen LogP contribution in [-0.4, -0.2) is 17.5 Å². The zero-order valence-corrected chi connectivity index (χ0v) is 14.4. The van der Waals surface area contributed by atoms with Gasteiger partial charge in [-0.15, -0.1) is 0 Å². The third-order valence-corrected chi connectivity index (χ3v) is 5.11. The SMILES string of the molecule is CCCNC(CSC(C)CC)c1ccc(CCC)cc1. The van der Waals surface area contributed by atoms with Crippen molar-refractivity contribution in [3.05, 3.63) is 35.4 Å². The quantitative estimate of drug-likeness (QED) is 0.635. The molecule has 0 aromatic heterocycles. The third-order valence-electron chi connectivity index (χ3n) is 3.68. The Bertz CT molecular complexity index is 347. The third kappa shape index (κ3) is 6.32. The van der Waals surface area contributed by atoms with Gasteiger partial charge in [0.05, 0.1) is 0 Å². The van der Waals surface area contributed by atoms with E-state index in [0.717, 1.165) is 11.8 Å². The maximum absolute atomic E-state index is 3.70. The molecule has 0 bridgehead atoms. The first kappa shape index (κ1) is 17.6. The summed E-state index contributed by atoms with van der Waals surface area (Å²) in [6, 6.07) is 9.72. The Morgan fingerprint density at radius 1 is 1.05 bits per heavy atom. The van der Waals surface area contributed by atoms with Crippen LogP contribution in [0.2, 0.25) is 0 Å². The molecule has 20 heavy (non-hydrogen) atoms. The number of benzene rings is 1. The molecular formula is C18H31NS. The molecule has 0 fully saturated rings. The zero-order valence-electron chi connectivity index (χ0n) is 13.6. The monoisotopic (exact) mass is 293 g/mol. The Labute approximate surface area is 129 Å². The molecule has 1 rings (SSSR count). The van der Waals surface area contributed by atoms with E-state index in [0.29, 0.717) is 6.04 Å². The number of rotatable bonds is 10. The van der Waals surface area contributed by atoms with E-state index in [-0.39, 0.29) is 0 Å². The van der Waals surface area contributed by atoms with Gasteiger partial charge in [-0.25, -0.2) is 0 Å². The standard InChI is InChI=1S/C18H31NS/c1-5-8-16-9-11-17(12-10-16)18(19-13-6-2)14-20-15(4)7-3/h9-12,15,18-19H,5-8,13-14H2,1-4H3. The highest BCUT2D eigenvalue weighted by Crippen LogP contribution is 2.23. The molecule has 0 saturated carbocycles. The van der Waals surface area contributed by atoms with Crippen LogP contribution < -0.4 is 5.32 Å². The Morgan fingerprint density at radius 2 is 1.75 bits per heavy atom. The predicted molar refractivity (Wildman–Crippen MR) is 93.7 cm³/mol. The number of nitrogens with one attached hydrogen (secondary N) is 1. The smallest absolute Gasteiger partial charge is 0.0411 e. The first-order valence-corrected chi connectivity index (χ1v) is 9.19. The van der Waals surface area contributed by atoms with Crippen molar-refractivity contribution in [2.75, 3.05) is 12.3 Å². The Hall–Kier alpha value is -0.470. The van der Waals surface area contributed by atoms with Crippen molar-refractivity contribution in [3.63, 3.8) is 0 Å². The number of aryl methyl sites for hydroxylation is 1. The summed E-state index contributed by atoms with van der Waals surface area (Å²) >= 11 is 2.08. The summed E-state index contributed by atoms with van der Waals surface area (Å²) in [5, 5.41) is 4.45. The van der Waals surface area contributed by atoms with Crippen LogP contribution in [0.5, 0.6) is 0 Å². The first-order valence-electron chi connectivity index (χ1n) is 8.15. The van der Waals surface area contributed by atoms with Crippen LogP contribution in [0.15, 0.2) is 24.3 Å². The van der Waals surface area contributed by atoms with E-state index in [2.05, 4.69) is 69.0 Å². The van der Waals surface area contributed by atoms with Gasteiger partial charge in [-0.3, -0.25) is 0 Å². The molecule has 0 aliphatic heterocycles. The van der Waals surface area contributed by atoms with Crippen LogP contribution in [0.25, 0.3) is 0 Å². The molecule has 0 aliphatic carbocycles. The van der Waals surface area contributed by atoms with Gasteiger partial charge in [-0.2, -0.15) is 11.8 Å². The lowest BCUT2D eigenvalue weighted by Gasteiger charge is -2.21. The van der Waals surface area contributed by atoms with Gasteiger partial charge in [0.15, 0.2) is 0 Å². The van der Waals surface area contributed by atoms with Gasteiger partial charge in [0.2, 0.25) is 0 Å². The van der Waals surface area contributed by atoms with E-state index >= 15 is 0 Å². The van der Waals surface area contributed by atoms with E-state index < -0.39 is 0 Å². The fraction of sp³-hybridized carbons (Fsp3) is 0.667. The van der Waals surface area contributed by atoms with E-state index in [1.807, 2.05) is 0 Å². The van der Waals surface area contributed by atoms with Crippen LogP contribution in [0.1, 0.15) is 64.1 Å². The lowest BCUT2D eigenvalue weighted by molar-refractivity contribution is 0.576. The van der Waals surface area contributed by atoms with E-state index in [1.165, 1.54) is 42.6 Å². The number of hydrogen-bond acceptors (Lipinski definition) is 2. The lowest BCUT2D eigenvalue weighted by Crippen LogP contribution is -2.24. The zero-order chi connectivity index (χ0) is 14.8. The molecule has 0 heterocycles. The second kappa shape index (κ2) is 10.3. The summed E-state index contributed by atoms with van der Waals surface area (Å²) in [5.74, 6) is 1.17. The summed E-state index contributed by atoms with van der Waals surface area (Å²) in [6.45, 7) is 10.2. The highest BCUT2D eigenvalue weighted by atomic mass is 32.2. The van der Waals surface area contributed by atoms with Crippen molar-refractivity contribution in [2.45, 2.75) is 64.7 Å². The fourth-order valence-corrected chi connectivity index (χ4v) is 3.24. The highest BCUT2D eigenvalue weighted by molar-refractivity contribution is 7.99. The molecule has 1 N–H and O–H groups in total. The average Bonchev–Trinajstić information content (AvgIpc) is 2.48. The topological polar surface area (TPSA) is 12.0 Å². The highest BCUT2D eigenvalue weighted by Gasteiger charge is 2.12. The maximum atomic E-state index is 3.70. The number of thioether (sulfide) groups is 1. The lowest BCUT2D eigenvalue weighted by atomic mass is 10.0. The second-order valence-corrected chi connectivity index (χ2v) is 7.02. The summed E-state index contributed by atoms with van der Waals surface area (Å²) in [4.78, 5) is 0. The van der Waals surface area contributed by atoms with Gasteiger partial charge in [0.1, 0.15) is 0 Å².